The van der Waals surface area contributed by atoms with Gasteiger partial charge >= 0.3 is 0 Å². The monoisotopic (exact) mass is 493 g/mol. The maximum absolute atomic E-state index is 10.4. The van der Waals surface area contributed by atoms with Crippen molar-refractivity contribution in [1.82, 2.24) is 3.97 Å². The van der Waals surface area contributed by atoms with E-state index < -0.39 is 0 Å². The van der Waals surface area contributed by atoms with Crippen molar-refractivity contribution < 1.29 is 9.84 Å². The number of phenolic OH excluding ortho intramolecular Hbond substituents is 1. The average Bonchev–Trinajstić information content (AvgIpc) is 3.03. The van der Waals surface area contributed by atoms with Gasteiger partial charge in [0.1, 0.15) is 11.5 Å². The zero-order chi connectivity index (χ0) is 19.8. The van der Waals surface area contributed by atoms with E-state index in [-0.39, 0.29) is 5.75 Å². The molecule has 0 radical (unpaired) electrons. The average molecular weight is 495 g/mol. The lowest BCUT2D eigenvalue weighted by atomic mass is 10.1. The van der Waals surface area contributed by atoms with Crippen molar-refractivity contribution in [2.24, 2.45) is 0 Å². The van der Waals surface area contributed by atoms with Crippen LogP contribution in [0.4, 0.5) is 0 Å². The van der Waals surface area contributed by atoms with Crippen LogP contribution in [0.25, 0.3) is 22.2 Å². The molecule has 28 heavy (non-hydrogen) atoms. The first kappa shape index (κ1) is 19.5. The number of aromatic hydroxyl groups is 1. The SMILES string of the molecule is COc1ccc(-c2cc3cc(Cl)ccc3n2Sc2cc(Br)cc(Cl)c2O)cc1. The third-order valence-corrected chi connectivity index (χ3v) is 6.35. The highest BCUT2D eigenvalue weighted by Crippen LogP contribution is 2.42. The van der Waals surface area contributed by atoms with Gasteiger partial charge in [-0.2, -0.15) is 0 Å². The summed E-state index contributed by atoms with van der Waals surface area (Å²) in [5.41, 5.74) is 2.97. The number of hydrogen-bond acceptors (Lipinski definition) is 3. The van der Waals surface area contributed by atoms with Crippen LogP contribution in [-0.4, -0.2) is 16.2 Å². The molecule has 0 atom stereocenters. The molecule has 142 valence electrons. The molecule has 0 aliphatic rings. The highest BCUT2D eigenvalue weighted by atomic mass is 79.9. The molecule has 0 aliphatic heterocycles. The smallest absolute Gasteiger partial charge is 0.149 e. The minimum absolute atomic E-state index is 0.0476. The zero-order valence-electron chi connectivity index (χ0n) is 14.6. The summed E-state index contributed by atoms with van der Waals surface area (Å²) >= 11 is 17.2. The first-order valence-corrected chi connectivity index (χ1v) is 10.6. The minimum atomic E-state index is 0.0476. The normalized spacial score (nSPS) is 11.1. The number of ether oxygens (including phenoxy) is 1. The van der Waals surface area contributed by atoms with Crippen LogP contribution in [0.2, 0.25) is 10.0 Å². The van der Waals surface area contributed by atoms with Crippen molar-refractivity contribution in [2.75, 3.05) is 7.11 Å². The van der Waals surface area contributed by atoms with Gasteiger partial charge in [0.15, 0.2) is 0 Å². The molecule has 0 saturated heterocycles. The van der Waals surface area contributed by atoms with E-state index in [2.05, 4.69) is 26.0 Å². The van der Waals surface area contributed by atoms with Crippen LogP contribution in [0.5, 0.6) is 11.5 Å². The van der Waals surface area contributed by atoms with Crippen LogP contribution in [0.3, 0.4) is 0 Å². The number of fused-ring (bicyclic) bond motifs is 1. The van der Waals surface area contributed by atoms with Gasteiger partial charge in [0, 0.05) is 14.9 Å². The fourth-order valence-electron chi connectivity index (χ4n) is 2.93. The van der Waals surface area contributed by atoms with Crippen molar-refractivity contribution in [3.63, 3.8) is 0 Å². The molecule has 1 N–H and O–H groups in total. The molecule has 4 rings (SSSR count). The second kappa shape index (κ2) is 7.91. The molecule has 4 aromatic rings. The van der Waals surface area contributed by atoms with Crippen LogP contribution in [0, 0.1) is 0 Å². The molecule has 0 unspecified atom stereocenters. The number of benzene rings is 3. The lowest BCUT2D eigenvalue weighted by Crippen LogP contribution is -1.92. The van der Waals surface area contributed by atoms with Gasteiger partial charge in [-0.15, -0.1) is 0 Å². The lowest BCUT2D eigenvalue weighted by molar-refractivity contribution is 0.415. The van der Waals surface area contributed by atoms with E-state index in [1.165, 1.54) is 11.9 Å². The predicted molar refractivity (Wildman–Crippen MR) is 121 cm³/mol. The standard InChI is InChI=1S/C21H14BrCl2NO2S/c1-27-16-5-2-12(3-6-16)19-9-13-8-15(23)4-7-18(13)25(19)28-20-11-14(22)10-17(24)21(20)26/h2-11,26H,1H3. The van der Waals surface area contributed by atoms with E-state index in [1.54, 1.807) is 13.2 Å². The number of aromatic nitrogens is 1. The summed E-state index contributed by atoms with van der Waals surface area (Å²) in [4.78, 5) is 0.640. The van der Waals surface area contributed by atoms with Crippen LogP contribution in [0.1, 0.15) is 0 Å². The Morgan fingerprint density at radius 3 is 2.46 bits per heavy atom. The molecule has 7 heteroatoms. The lowest BCUT2D eigenvalue weighted by Gasteiger charge is -2.13. The molecule has 0 fully saturated rings. The summed E-state index contributed by atoms with van der Waals surface area (Å²) in [5.74, 6) is 0.838. The van der Waals surface area contributed by atoms with Gasteiger partial charge in [0.2, 0.25) is 0 Å². The molecule has 0 spiro atoms. The summed E-state index contributed by atoms with van der Waals surface area (Å²) < 4.78 is 8.12. The van der Waals surface area contributed by atoms with E-state index in [9.17, 15) is 5.11 Å². The van der Waals surface area contributed by atoms with E-state index in [0.29, 0.717) is 14.9 Å². The molecule has 0 amide bonds. The topological polar surface area (TPSA) is 34.4 Å². The molecule has 0 aliphatic carbocycles. The first-order chi connectivity index (χ1) is 13.5. The van der Waals surface area contributed by atoms with E-state index in [0.717, 1.165) is 32.4 Å². The molecular formula is C21H14BrCl2NO2S. The summed E-state index contributed by atoms with van der Waals surface area (Å²) in [6, 6.07) is 19.2. The number of phenols is 1. The number of hydrogen-bond donors (Lipinski definition) is 1. The Morgan fingerprint density at radius 2 is 1.75 bits per heavy atom. The van der Waals surface area contributed by atoms with Crippen molar-refractivity contribution in [2.45, 2.75) is 4.90 Å². The van der Waals surface area contributed by atoms with Gasteiger partial charge < -0.3 is 9.84 Å². The third-order valence-electron chi connectivity index (χ3n) is 4.29. The minimum Gasteiger partial charge on any atom is -0.505 e. The summed E-state index contributed by atoms with van der Waals surface area (Å²) in [7, 11) is 1.64. The van der Waals surface area contributed by atoms with Gasteiger partial charge in [-0.1, -0.05) is 39.1 Å². The number of halogens is 3. The summed E-state index contributed by atoms with van der Waals surface area (Å²) in [6.45, 7) is 0. The summed E-state index contributed by atoms with van der Waals surface area (Å²) in [6.07, 6.45) is 0. The number of nitrogens with zero attached hydrogens (tertiary/aromatic N) is 1. The third kappa shape index (κ3) is 3.72. The Morgan fingerprint density at radius 1 is 1.00 bits per heavy atom. The predicted octanol–water partition coefficient (Wildman–Crippen LogP) is 7.65. The fraction of sp³-hybridized carbons (Fsp3) is 0.0476. The van der Waals surface area contributed by atoms with Gasteiger partial charge in [0.25, 0.3) is 0 Å². The number of rotatable bonds is 4. The van der Waals surface area contributed by atoms with E-state index in [4.69, 9.17) is 27.9 Å². The highest BCUT2D eigenvalue weighted by molar-refractivity contribution is 9.10. The molecule has 3 aromatic carbocycles. The Labute approximate surface area is 185 Å². The van der Waals surface area contributed by atoms with E-state index in [1.807, 2.05) is 48.5 Å². The van der Waals surface area contributed by atoms with Gasteiger partial charge in [0.05, 0.1) is 28.2 Å². The quantitative estimate of drug-likeness (QED) is 0.316. The largest absolute Gasteiger partial charge is 0.505 e. The molecule has 1 aromatic heterocycles. The van der Waals surface area contributed by atoms with E-state index >= 15 is 0 Å². The van der Waals surface area contributed by atoms with Crippen LogP contribution in [-0.2, 0) is 0 Å². The van der Waals surface area contributed by atoms with Crippen molar-refractivity contribution in [1.29, 1.82) is 0 Å². The Bertz CT molecular complexity index is 1180. The van der Waals surface area contributed by atoms with Gasteiger partial charge in [-0.25, -0.2) is 0 Å². The van der Waals surface area contributed by atoms with Crippen molar-refractivity contribution >= 4 is 62.0 Å². The molecule has 3 nitrogen and oxygen atoms in total. The molecule has 0 saturated carbocycles. The second-order valence-electron chi connectivity index (χ2n) is 6.08. The van der Waals surface area contributed by atoms with Gasteiger partial charge in [-0.05, 0) is 78.2 Å². The Hall–Kier alpha value is -1.79. The maximum Gasteiger partial charge on any atom is 0.149 e. The summed E-state index contributed by atoms with van der Waals surface area (Å²) in [5, 5.41) is 12.4. The molecule has 1 heterocycles. The first-order valence-electron chi connectivity index (χ1n) is 8.28. The van der Waals surface area contributed by atoms with Crippen LogP contribution in [0.15, 0.2) is 70.0 Å². The molecule has 0 bridgehead atoms. The van der Waals surface area contributed by atoms with Gasteiger partial charge in [-0.3, -0.25) is 3.97 Å². The van der Waals surface area contributed by atoms with Crippen LogP contribution >= 0.6 is 51.1 Å². The highest BCUT2D eigenvalue weighted by Gasteiger charge is 2.16. The second-order valence-corrected chi connectivity index (χ2v) is 8.83. The Balaban J connectivity index is 1.90. The van der Waals surface area contributed by atoms with Crippen molar-refractivity contribution in [3.05, 3.63) is 75.2 Å². The molecular weight excluding hydrogens is 481 g/mol. The van der Waals surface area contributed by atoms with Crippen molar-refractivity contribution in [3.8, 4) is 22.8 Å². The zero-order valence-corrected chi connectivity index (χ0v) is 18.5. The fourth-order valence-corrected chi connectivity index (χ4v) is 5.22. The number of methoxy groups -OCH3 is 1. The Kier molecular flexibility index (Phi) is 5.52. The van der Waals surface area contributed by atoms with Crippen LogP contribution < -0.4 is 4.74 Å². The maximum atomic E-state index is 10.4.